The van der Waals surface area contributed by atoms with Gasteiger partial charge in [0.25, 0.3) is 0 Å². The minimum absolute atomic E-state index is 0.0623. The van der Waals surface area contributed by atoms with Crippen LogP contribution in [0.25, 0.3) is 10.9 Å². The van der Waals surface area contributed by atoms with Gasteiger partial charge in [0.1, 0.15) is 12.1 Å². The normalized spacial score (nSPS) is 21.0. The van der Waals surface area contributed by atoms with Gasteiger partial charge in [-0.1, -0.05) is 11.6 Å². The van der Waals surface area contributed by atoms with E-state index in [0.717, 1.165) is 55.1 Å². The second-order valence-electron chi connectivity index (χ2n) is 7.19. The Morgan fingerprint density at radius 1 is 1.29 bits per heavy atom. The summed E-state index contributed by atoms with van der Waals surface area (Å²) in [6.45, 7) is 4.63. The zero-order chi connectivity index (χ0) is 16.5. The summed E-state index contributed by atoms with van der Waals surface area (Å²) in [5.41, 5.74) is 2.17. The highest BCUT2D eigenvalue weighted by Gasteiger charge is 2.29. The number of anilines is 1. The van der Waals surface area contributed by atoms with Crippen molar-refractivity contribution in [2.45, 2.75) is 32.6 Å². The lowest BCUT2D eigenvalue weighted by atomic mass is 9.96. The number of aryl methyl sites for hydroxylation is 1. The molecule has 1 atom stereocenters. The van der Waals surface area contributed by atoms with Gasteiger partial charge in [-0.15, -0.1) is 0 Å². The van der Waals surface area contributed by atoms with Crippen LogP contribution in [0.2, 0.25) is 0 Å². The van der Waals surface area contributed by atoms with Crippen LogP contribution in [0.4, 0.5) is 5.82 Å². The number of amides is 1. The standard InChI is InChI=1S/C19H24N4O/c1-13-4-7-17-16(9-13)18(22-12-21-17)23-8-2-3-15(11-23)19(24)20-10-14-5-6-14/h4,7,9,12,14-15H,2-3,5-6,8,10-11H2,1H3,(H,20,24)/t15-/m0/s1. The highest BCUT2D eigenvalue weighted by molar-refractivity contribution is 5.90. The second kappa shape index (κ2) is 6.38. The lowest BCUT2D eigenvalue weighted by molar-refractivity contribution is -0.125. The predicted octanol–water partition coefficient (Wildman–Crippen LogP) is 2.68. The molecule has 24 heavy (non-hydrogen) atoms. The van der Waals surface area contributed by atoms with Gasteiger partial charge in [-0.3, -0.25) is 4.79 Å². The molecule has 1 aliphatic carbocycles. The summed E-state index contributed by atoms with van der Waals surface area (Å²) in [6.07, 6.45) is 6.16. The molecule has 0 spiro atoms. The highest BCUT2D eigenvalue weighted by atomic mass is 16.1. The van der Waals surface area contributed by atoms with Gasteiger partial charge in [0.05, 0.1) is 11.4 Å². The first-order valence-corrected chi connectivity index (χ1v) is 8.95. The minimum atomic E-state index is 0.0623. The summed E-state index contributed by atoms with van der Waals surface area (Å²) in [7, 11) is 0. The molecule has 2 aliphatic rings. The molecule has 1 aliphatic heterocycles. The van der Waals surface area contributed by atoms with E-state index in [2.05, 4.69) is 39.2 Å². The van der Waals surface area contributed by atoms with Crippen LogP contribution in [0.1, 0.15) is 31.2 Å². The Bertz CT molecular complexity index is 756. The van der Waals surface area contributed by atoms with E-state index in [9.17, 15) is 4.79 Å². The molecular formula is C19H24N4O. The maximum absolute atomic E-state index is 12.5. The molecule has 1 aromatic heterocycles. The maximum atomic E-state index is 12.5. The Balaban J connectivity index is 1.53. The summed E-state index contributed by atoms with van der Waals surface area (Å²) in [6, 6.07) is 6.25. The molecule has 4 rings (SSSR count). The van der Waals surface area contributed by atoms with Crippen LogP contribution in [0.5, 0.6) is 0 Å². The minimum Gasteiger partial charge on any atom is -0.356 e. The summed E-state index contributed by atoms with van der Waals surface area (Å²) < 4.78 is 0. The van der Waals surface area contributed by atoms with Crippen LogP contribution in [-0.4, -0.2) is 35.5 Å². The zero-order valence-electron chi connectivity index (χ0n) is 14.2. The predicted molar refractivity (Wildman–Crippen MR) is 94.9 cm³/mol. The Hall–Kier alpha value is -2.17. The van der Waals surface area contributed by atoms with Gasteiger partial charge < -0.3 is 10.2 Å². The highest BCUT2D eigenvalue weighted by Crippen LogP contribution is 2.29. The van der Waals surface area contributed by atoms with Crippen molar-refractivity contribution in [3.8, 4) is 0 Å². The van der Waals surface area contributed by atoms with E-state index in [-0.39, 0.29) is 11.8 Å². The number of hydrogen-bond acceptors (Lipinski definition) is 4. The molecule has 5 nitrogen and oxygen atoms in total. The molecule has 1 N–H and O–H groups in total. The first kappa shape index (κ1) is 15.4. The molecular weight excluding hydrogens is 300 g/mol. The lowest BCUT2D eigenvalue weighted by Gasteiger charge is -2.33. The van der Waals surface area contributed by atoms with Gasteiger partial charge in [-0.05, 0) is 50.7 Å². The van der Waals surface area contributed by atoms with E-state index in [4.69, 9.17) is 0 Å². The summed E-state index contributed by atoms with van der Waals surface area (Å²) >= 11 is 0. The van der Waals surface area contributed by atoms with Gasteiger partial charge in [0.15, 0.2) is 0 Å². The molecule has 0 unspecified atom stereocenters. The molecule has 1 amide bonds. The molecule has 126 valence electrons. The third-order valence-corrected chi connectivity index (χ3v) is 5.12. The van der Waals surface area contributed by atoms with Crippen LogP contribution >= 0.6 is 0 Å². The Morgan fingerprint density at radius 3 is 3.00 bits per heavy atom. The van der Waals surface area contributed by atoms with E-state index in [1.165, 1.54) is 18.4 Å². The molecule has 1 saturated carbocycles. The molecule has 0 radical (unpaired) electrons. The smallest absolute Gasteiger partial charge is 0.224 e. The fourth-order valence-electron chi connectivity index (χ4n) is 3.50. The fraction of sp³-hybridized carbons (Fsp3) is 0.526. The molecule has 5 heteroatoms. The zero-order valence-corrected chi connectivity index (χ0v) is 14.2. The molecule has 1 aromatic carbocycles. The van der Waals surface area contributed by atoms with Crippen LogP contribution in [0.3, 0.4) is 0 Å². The van der Waals surface area contributed by atoms with Crippen molar-refractivity contribution in [1.82, 2.24) is 15.3 Å². The Kier molecular flexibility index (Phi) is 4.08. The molecule has 0 bridgehead atoms. The average molecular weight is 324 g/mol. The molecule has 1 saturated heterocycles. The van der Waals surface area contributed by atoms with Crippen LogP contribution in [-0.2, 0) is 4.79 Å². The molecule has 2 heterocycles. The topological polar surface area (TPSA) is 58.1 Å². The first-order chi connectivity index (χ1) is 11.7. The number of fused-ring (bicyclic) bond motifs is 1. The largest absolute Gasteiger partial charge is 0.356 e. The van der Waals surface area contributed by atoms with Crippen molar-refractivity contribution >= 4 is 22.6 Å². The molecule has 2 fully saturated rings. The van der Waals surface area contributed by atoms with E-state index in [1.807, 2.05) is 6.07 Å². The fourth-order valence-corrected chi connectivity index (χ4v) is 3.50. The van der Waals surface area contributed by atoms with Gasteiger partial charge in [-0.25, -0.2) is 9.97 Å². The number of hydrogen-bond donors (Lipinski definition) is 1. The number of aromatic nitrogens is 2. The van der Waals surface area contributed by atoms with Crippen molar-refractivity contribution in [2.24, 2.45) is 11.8 Å². The number of nitrogens with zero attached hydrogens (tertiary/aromatic N) is 3. The third kappa shape index (κ3) is 3.21. The van der Waals surface area contributed by atoms with Crippen molar-refractivity contribution < 1.29 is 4.79 Å². The van der Waals surface area contributed by atoms with Gasteiger partial charge in [0.2, 0.25) is 5.91 Å². The summed E-state index contributed by atoms with van der Waals surface area (Å²) in [4.78, 5) is 23.6. The maximum Gasteiger partial charge on any atom is 0.224 e. The van der Waals surface area contributed by atoms with E-state index < -0.39 is 0 Å². The lowest BCUT2D eigenvalue weighted by Crippen LogP contribution is -2.43. The molecule has 2 aromatic rings. The van der Waals surface area contributed by atoms with Crippen molar-refractivity contribution in [1.29, 1.82) is 0 Å². The summed E-state index contributed by atoms with van der Waals surface area (Å²) in [5.74, 6) is 1.96. The Morgan fingerprint density at radius 2 is 2.17 bits per heavy atom. The Labute approximate surface area is 142 Å². The van der Waals surface area contributed by atoms with Crippen LogP contribution in [0.15, 0.2) is 24.5 Å². The van der Waals surface area contributed by atoms with E-state index in [0.29, 0.717) is 0 Å². The quantitative estimate of drug-likeness (QED) is 0.939. The van der Waals surface area contributed by atoms with Crippen LogP contribution in [0, 0.1) is 18.8 Å². The number of piperidine rings is 1. The number of carbonyl (C=O) groups excluding carboxylic acids is 1. The third-order valence-electron chi connectivity index (χ3n) is 5.12. The monoisotopic (exact) mass is 324 g/mol. The first-order valence-electron chi connectivity index (χ1n) is 8.95. The van der Waals surface area contributed by atoms with Crippen molar-refractivity contribution in [3.05, 3.63) is 30.1 Å². The van der Waals surface area contributed by atoms with Gasteiger partial charge in [-0.2, -0.15) is 0 Å². The SMILES string of the molecule is Cc1ccc2ncnc(N3CCC[C@H](C(=O)NCC4CC4)C3)c2c1. The van der Waals surface area contributed by atoms with Crippen molar-refractivity contribution in [2.75, 3.05) is 24.5 Å². The summed E-state index contributed by atoms with van der Waals surface area (Å²) in [5, 5.41) is 4.21. The number of carbonyl (C=O) groups is 1. The number of rotatable bonds is 4. The second-order valence-corrected chi connectivity index (χ2v) is 7.19. The van der Waals surface area contributed by atoms with E-state index in [1.54, 1.807) is 6.33 Å². The van der Waals surface area contributed by atoms with E-state index >= 15 is 0 Å². The van der Waals surface area contributed by atoms with Gasteiger partial charge >= 0.3 is 0 Å². The average Bonchev–Trinajstić information content (AvgIpc) is 3.43. The van der Waals surface area contributed by atoms with Crippen LogP contribution < -0.4 is 10.2 Å². The van der Waals surface area contributed by atoms with Gasteiger partial charge in [0, 0.05) is 25.0 Å². The number of nitrogens with one attached hydrogen (secondary N) is 1. The van der Waals surface area contributed by atoms with Crippen molar-refractivity contribution in [3.63, 3.8) is 0 Å². The number of benzene rings is 1.